The van der Waals surface area contributed by atoms with Gasteiger partial charge in [-0.3, -0.25) is 4.57 Å². The first-order valence-electron chi connectivity index (χ1n) is 6.48. The Hall–Kier alpha value is -2.41. The quantitative estimate of drug-likeness (QED) is 0.772. The van der Waals surface area contributed by atoms with Crippen molar-refractivity contribution in [3.05, 3.63) is 50.3 Å². The van der Waals surface area contributed by atoms with E-state index < -0.39 is 5.97 Å². The number of H-pyrrole nitrogens is 1. The van der Waals surface area contributed by atoms with Crippen molar-refractivity contribution in [2.24, 2.45) is 0 Å². The number of aryl methyl sites for hydroxylation is 1. The lowest BCUT2D eigenvalue weighted by molar-refractivity contribution is 0.0697. The van der Waals surface area contributed by atoms with Crippen molar-refractivity contribution < 1.29 is 9.90 Å². The highest BCUT2D eigenvalue weighted by atomic mass is 32.1. The molecule has 0 spiro atoms. The van der Waals surface area contributed by atoms with Crippen LogP contribution in [0.5, 0.6) is 0 Å². The first kappa shape index (κ1) is 13.6. The first-order chi connectivity index (χ1) is 10.1. The highest BCUT2D eigenvalue weighted by molar-refractivity contribution is 7.11. The average molecular weight is 303 g/mol. The summed E-state index contributed by atoms with van der Waals surface area (Å²) < 4.78 is 1.51. The zero-order valence-corrected chi connectivity index (χ0v) is 12.1. The number of carboxylic acid groups (broad SMARTS) is 1. The van der Waals surface area contributed by atoms with Gasteiger partial charge in [0.05, 0.1) is 23.1 Å². The molecule has 0 amide bonds. The summed E-state index contributed by atoms with van der Waals surface area (Å²) in [5.41, 5.74) is 1.09. The van der Waals surface area contributed by atoms with E-state index >= 15 is 0 Å². The predicted molar refractivity (Wildman–Crippen MR) is 80.1 cm³/mol. The molecule has 0 saturated heterocycles. The summed E-state index contributed by atoms with van der Waals surface area (Å²) in [7, 11) is 0. The summed E-state index contributed by atoms with van der Waals surface area (Å²) >= 11 is 1.56. The van der Waals surface area contributed by atoms with E-state index in [1.54, 1.807) is 17.4 Å². The molecule has 3 aromatic rings. The van der Waals surface area contributed by atoms with Crippen LogP contribution in [0.15, 0.2) is 29.2 Å². The zero-order valence-electron chi connectivity index (χ0n) is 11.3. The summed E-state index contributed by atoms with van der Waals surface area (Å²) in [6, 6.07) is 4.59. The van der Waals surface area contributed by atoms with Gasteiger partial charge < -0.3 is 10.1 Å². The minimum Gasteiger partial charge on any atom is -0.478 e. The summed E-state index contributed by atoms with van der Waals surface area (Å²) in [5.74, 6) is -1.01. The average Bonchev–Trinajstić information content (AvgIpc) is 3.04. The van der Waals surface area contributed by atoms with Crippen LogP contribution in [0.1, 0.15) is 27.2 Å². The van der Waals surface area contributed by atoms with Gasteiger partial charge in [-0.15, -0.1) is 11.3 Å². The van der Waals surface area contributed by atoms with E-state index in [0.717, 1.165) is 16.3 Å². The number of benzene rings is 1. The predicted octanol–water partition coefficient (Wildman–Crippen LogP) is 2.09. The number of carbonyl (C=O) groups is 1. The Kier molecular flexibility index (Phi) is 3.34. The first-order valence-corrected chi connectivity index (χ1v) is 7.29. The smallest absolute Gasteiger partial charge is 0.335 e. The molecule has 0 bridgehead atoms. The Balaban J connectivity index is 2.08. The Morgan fingerprint density at radius 2 is 2.29 bits per heavy atom. The van der Waals surface area contributed by atoms with E-state index in [2.05, 4.69) is 9.97 Å². The van der Waals surface area contributed by atoms with Crippen molar-refractivity contribution in [3.63, 3.8) is 0 Å². The third-order valence-electron chi connectivity index (χ3n) is 3.27. The van der Waals surface area contributed by atoms with Crippen LogP contribution in [0.4, 0.5) is 0 Å². The molecule has 0 saturated carbocycles. The van der Waals surface area contributed by atoms with Crippen LogP contribution >= 0.6 is 11.3 Å². The van der Waals surface area contributed by atoms with Crippen molar-refractivity contribution in [1.82, 2.24) is 14.5 Å². The molecular formula is C14H13N3O3S. The van der Waals surface area contributed by atoms with E-state index in [-0.39, 0.29) is 11.3 Å². The van der Waals surface area contributed by atoms with Crippen molar-refractivity contribution in [2.75, 3.05) is 0 Å². The van der Waals surface area contributed by atoms with Gasteiger partial charge in [0.2, 0.25) is 0 Å². The van der Waals surface area contributed by atoms with Crippen molar-refractivity contribution in [1.29, 1.82) is 0 Å². The number of hydrogen-bond acceptors (Lipinski definition) is 4. The molecule has 2 aromatic heterocycles. The van der Waals surface area contributed by atoms with Gasteiger partial charge in [0.15, 0.2) is 0 Å². The van der Waals surface area contributed by atoms with Crippen LogP contribution < -0.4 is 5.69 Å². The van der Waals surface area contributed by atoms with Crippen LogP contribution in [-0.4, -0.2) is 25.6 Å². The third kappa shape index (κ3) is 2.47. The van der Waals surface area contributed by atoms with Gasteiger partial charge in [-0.2, -0.15) is 0 Å². The number of rotatable bonds is 4. The minimum absolute atomic E-state index is 0.156. The van der Waals surface area contributed by atoms with Crippen molar-refractivity contribution >= 4 is 28.3 Å². The van der Waals surface area contributed by atoms with Crippen LogP contribution in [0.2, 0.25) is 0 Å². The van der Waals surface area contributed by atoms with Crippen LogP contribution in [0, 0.1) is 0 Å². The van der Waals surface area contributed by atoms with Crippen molar-refractivity contribution in [2.45, 2.75) is 19.9 Å². The number of imidazole rings is 1. The molecule has 0 fully saturated rings. The number of aromatic amines is 1. The molecule has 0 aliphatic rings. The number of aromatic nitrogens is 3. The second-order valence-electron chi connectivity index (χ2n) is 4.63. The largest absolute Gasteiger partial charge is 0.478 e. The highest BCUT2D eigenvalue weighted by Gasteiger charge is 2.12. The fourth-order valence-electron chi connectivity index (χ4n) is 2.16. The lowest BCUT2D eigenvalue weighted by Gasteiger charge is -2.01. The molecule has 1 aromatic carbocycles. The zero-order chi connectivity index (χ0) is 15.0. The second kappa shape index (κ2) is 5.17. The van der Waals surface area contributed by atoms with Crippen LogP contribution in [0.3, 0.4) is 0 Å². The molecular weight excluding hydrogens is 290 g/mol. The van der Waals surface area contributed by atoms with Crippen LogP contribution in [-0.2, 0) is 13.0 Å². The van der Waals surface area contributed by atoms with Gasteiger partial charge >= 0.3 is 11.7 Å². The molecule has 2 heterocycles. The number of thiazole rings is 1. The molecule has 108 valence electrons. The fourth-order valence-corrected chi connectivity index (χ4v) is 3.01. The Morgan fingerprint density at radius 1 is 1.48 bits per heavy atom. The molecule has 0 atom stereocenters. The number of hydrogen-bond donors (Lipinski definition) is 2. The number of carboxylic acids is 1. The lowest BCUT2D eigenvalue weighted by Crippen LogP contribution is -2.17. The molecule has 0 aliphatic heterocycles. The maximum Gasteiger partial charge on any atom is 0.335 e. The van der Waals surface area contributed by atoms with Gasteiger partial charge in [-0.1, -0.05) is 6.92 Å². The minimum atomic E-state index is -1.01. The second-order valence-corrected chi connectivity index (χ2v) is 5.83. The highest BCUT2D eigenvalue weighted by Crippen LogP contribution is 2.18. The summed E-state index contributed by atoms with van der Waals surface area (Å²) in [4.78, 5) is 31.3. The number of fused-ring (bicyclic) bond motifs is 1. The van der Waals surface area contributed by atoms with Gasteiger partial charge in [0, 0.05) is 11.1 Å². The topological polar surface area (TPSA) is 88.0 Å². The molecule has 6 nitrogen and oxygen atoms in total. The molecule has 0 unspecified atom stereocenters. The van der Waals surface area contributed by atoms with Gasteiger partial charge in [-0.05, 0) is 24.6 Å². The standard InChI is InChI=1S/C14H13N3O3S/c1-2-9-6-15-12(21-9)7-17-11-5-8(13(18)19)3-4-10(11)16-14(17)20/h3-6H,2,7H2,1H3,(H,16,20)(H,18,19). The molecule has 7 heteroatoms. The Bertz CT molecular complexity index is 875. The number of nitrogens with zero attached hydrogens (tertiary/aromatic N) is 2. The summed E-state index contributed by atoms with van der Waals surface area (Å²) in [6.45, 7) is 2.39. The van der Waals surface area contributed by atoms with Gasteiger partial charge in [-0.25, -0.2) is 14.6 Å². The van der Waals surface area contributed by atoms with Gasteiger partial charge in [0.1, 0.15) is 5.01 Å². The number of nitrogens with one attached hydrogen (secondary N) is 1. The van der Waals surface area contributed by atoms with Gasteiger partial charge in [0.25, 0.3) is 0 Å². The van der Waals surface area contributed by atoms with Crippen molar-refractivity contribution in [3.8, 4) is 0 Å². The Labute approximate surface area is 123 Å². The normalized spacial score (nSPS) is 11.1. The van der Waals surface area contributed by atoms with E-state index in [4.69, 9.17) is 5.11 Å². The number of aromatic carboxylic acids is 1. The lowest BCUT2D eigenvalue weighted by atomic mass is 10.2. The van der Waals surface area contributed by atoms with Crippen LogP contribution in [0.25, 0.3) is 11.0 Å². The fraction of sp³-hybridized carbons (Fsp3) is 0.214. The monoisotopic (exact) mass is 303 g/mol. The van der Waals surface area contributed by atoms with E-state index in [1.807, 2.05) is 13.1 Å². The maximum absolute atomic E-state index is 12.0. The van der Waals surface area contributed by atoms with E-state index in [9.17, 15) is 9.59 Å². The molecule has 21 heavy (non-hydrogen) atoms. The Morgan fingerprint density at radius 3 is 2.95 bits per heavy atom. The summed E-state index contributed by atoms with van der Waals surface area (Å²) in [6.07, 6.45) is 2.71. The molecule has 0 aliphatic carbocycles. The third-order valence-corrected chi connectivity index (χ3v) is 4.39. The molecule has 0 radical (unpaired) electrons. The molecule has 3 rings (SSSR count). The molecule has 2 N–H and O–H groups in total. The summed E-state index contributed by atoms with van der Waals surface area (Å²) in [5, 5.41) is 9.89. The van der Waals surface area contributed by atoms with E-state index in [1.165, 1.54) is 16.7 Å². The maximum atomic E-state index is 12.0. The SMILES string of the molecule is CCc1cnc(Cn2c(=O)[nH]c3ccc(C(=O)O)cc32)s1. The van der Waals surface area contributed by atoms with E-state index in [0.29, 0.717) is 17.6 Å².